The summed E-state index contributed by atoms with van der Waals surface area (Å²) in [6.07, 6.45) is 3.77. The van der Waals surface area contributed by atoms with E-state index in [2.05, 4.69) is 24.3 Å². The van der Waals surface area contributed by atoms with Crippen LogP contribution in [0, 0.1) is 5.92 Å². The van der Waals surface area contributed by atoms with Crippen molar-refractivity contribution in [1.82, 2.24) is 4.90 Å². The van der Waals surface area contributed by atoms with Gasteiger partial charge in [0.05, 0.1) is 0 Å². The van der Waals surface area contributed by atoms with E-state index in [0.717, 1.165) is 45.6 Å². The summed E-state index contributed by atoms with van der Waals surface area (Å²) < 4.78 is 5.35. The van der Waals surface area contributed by atoms with E-state index >= 15 is 0 Å². The Labute approximate surface area is 114 Å². The van der Waals surface area contributed by atoms with Crippen LogP contribution >= 0.6 is 0 Å². The van der Waals surface area contributed by atoms with E-state index in [1.807, 2.05) is 4.90 Å². The smallest absolute Gasteiger partial charge is 0.223 e. The third-order valence-electron chi connectivity index (χ3n) is 4.29. The van der Waals surface area contributed by atoms with Crippen LogP contribution in [0.15, 0.2) is 24.3 Å². The SMILES string of the molecule is O=C(CC1CCOCC1)N1CCc2ccccc2C1. The zero-order valence-corrected chi connectivity index (χ0v) is 11.3. The number of hydrogen-bond donors (Lipinski definition) is 0. The number of amides is 1. The zero-order valence-electron chi connectivity index (χ0n) is 11.3. The van der Waals surface area contributed by atoms with Crippen molar-refractivity contribution in [2.45, 2.75) is 32.2 Å². The average molecular weight is 259 g/mol. The van der Waals surface area contributed by atoms with E-state index in [0.29, 0.717) is 18.2 Å². The Morgan fingerprint density at radius 2 is 1.95 bits per heavy atom. The Morgan fingerprint density at radius 3 is 2.74 bits per heavy atom. The number of fused-ring (bicyclic) bond motifs is 1. The van der Waals surface area contributed by atoms with Crippen LogP contribution in [0.4, 0.5) is 0 Å². The summed E-state index contributed by atoms with van der Waals surface area (Å²) in [6.45, 7) is 3.30. The lowest BCUT2D eigenvalue weighted by molar-refractivity contribution is -0.133. The summed E-state index contributed by atoms with van der Waals surface area (Å²) in [7, 11) is 0. The van der Waals surface area contributed by atoms with Crippen LogP contribution in [0.3, 0.4) is 0 Å². The van der Waals surface area contributed by atoms with E-state index < -0.39 is 0 Å². The highest BCUT2D eigenvalue weighted by Crippen LogP contribution is 2.23. The summed E-state index contributed by atoms with van der Waals surface area (Å²) in [4.78, 5) is 14.4. The van der Waals surface area contributed by atoms with Crippen LogP contribution < -0.4 is 0 Å². The normalized spacial score (nSPS) is 20.1. The largest absolute Gasteiger partial charge is 0.381 e. The summed E-state index contributed by atoms with van der Waals surface area (Å²) in [6, 6.07) is 8.46. The lowest BCUT2D eigenvalue weighted by Crippen LogP contribution is -2.37. The van der Waals surface area contributed by atoms with Gasteiger partial charge in [0, 0.05) is 32.7 Å². The van der Waals surface area contributed by atoms with Crippen molar-refractivity contribution in [1.29, 1.82) is 0 Å². The molecule has 19 heavy (non-hydrogen) atoms. The highest BCUT2D eigenvalue weighted by Gasteiger charge is 2.24. The molecule has 0 aromatic heterocycles. The number of carbonyl (C=O) groups excluding carboxylic acids is 1. The third kappa shape index (κ3) is 2.98. The second-order valence-electron chi connectivity index (χ2n) is 5.59. The molecule has 3 rings (SSSR count). The molecule has 0 atom stereocenters. The van der Waals surface area contributed by atoms with Crippen molar-refractivity contribution in [3.63, 3.8) is 0 Å². The first-order valence-electron chi connectivity index (χ1n) is 7.25. The van der Waals surface area contributed by atoms with Crippen LogP contribution in [0.25, 0.3) is 0 Å². The van der Waals surface area contributed by atoms with Gasteiger partial charge in [-0.05, 0) is 36.3 Å². The molecule has 3 nitrogen and oxygen atoms in total. The summed E-state index contributed by atoms with van der Waals surface area (Å²) in [5, 5.41) is 0. The Bertz CT molecular complexity index is 452. The van der Waals surface area contributed by atoms with Crippen LogP contribution in [0.2, 0.25) is 0 Å². The summed E-state index contributed by atoms with van der Waals surface area (Å²) in [5.74, 6) is 0.847. The molecule has 0 N–H and O–H groups in total. The van der Waals surface area contributed by atoms with Gasteiger partial charge in [0.25, 0.3) is 0 Å². The quantitative estimate of drug-likeness (QED) is 0.816. The number of benzene rings is 1. The first-order valence-corrected chi connectivity index (χ1v) is 7.25. The molecular formula is C16H21NO2. The molecular weight excluding hydrogens is 238 g/mol. The Morgan fingerprint density at radius 1 is 1.21 bits per heavy atom. The zero-order chi connectivity index (χ0) is 13.1. The Kier molecular flexibility index (Phi) is 3.83. The molecule has 1 aromatic rings. The van der Waals surface area contributed by atoms with Crippen molar-refractivity contribution in [3.8, 4) is 0 Å². The van der Waals surface area contributed by atoms with Crippen LogP contribution in [-0.2, 0) is 22.5 Å². The molecule has 2 aliphatic rings. The molecule has 1 fully saturated rings. The maximum atomic E-state index is 12.4. The third-order valence-corrected chi connectivity index (χ3v) is 4.29. The van der Waals surface area contributed by atoms with Gasteiger partial charge < -0.3 is 9.64 Å². The molecule has 2 aliphatic heterocycles. The van der Waals surface area contributed by atoms with Crippen molar-refractivity contribution in [2.75, 3.05) is 19.8 Å². The van der Waals surface area contributed by atoms with Gasteiger partial charge in [0.1, 0.15) is 0 Å². The molecule has 2 heterocycles. The first kappa shape index (κ1) is 12.7. The second-order valence-corrected chi connectivity index (χ2v) is 5.59. The van der Waals surface area contributed by atoms with Gasteiger partial charge in [0.15, 0.2) is 0 Å². The van der Waals surface area contributed by atoms with Gasteiger partial charge in [0.2, 0.25) is 5.91 Å². The van der Waals surface area contributed by atoms with Crippen molar-refractivity contribution in [3.05, 3.63) is 35.4 Å². The summed E-state index contributed by atoms with van der Waals surface area (Å²) >= 11 is 0. The fraction of sp³-hybridized carbons (Fsp3) is 0.562. The molecule has 102 valence electrons. The lowest BCUT2D eigenvalue weighted by atomic mass is 9.94. The number of hydrogen-bond acceptors (Lipinski definition) is 2. The van der Waals surface area contributed by atoms with Gasteiger partial charge in [-0.25, -0.2) is 0 Å². The first-order chi connectivity index (χ1) is 9.33. The maximum absolute atomic E-state index is 12.4. The monoisotopic (exact) mass is 259 g/mol. The molecule has 0 radical (unpaired) electrons. The van der Waals surface area contributed by atoms with Crippen LogP contribution in [-0.4, -0.2) is 30.6 Å². The van der Waals surface area contributed by atoms with E-state index in [1.54, 1.807) is 0 Å². The molecule has 3 heteroatoms. The van der Waals surface area contributed by atoms with Crippen molar-refractivity contribution >= 4 is 5.91 Å². The van der Waals surface area contributed by atoms with Crippen LogP contribution in [0.1, 0.15) is 30.4 Å². The average Bonchev–Trinajstić information content (AvgIpc) is 2.48. The highest BCUT2D eigenvalue weighted by atomic mass is 16.5. The maximum Gasteiger partial charge on any atom is 0.223 e. The molecule has 0 aliphatic carbocycles. The fourth-order valence-electron chi connectivity index (χ4n) is 3.04. The van der Waals surface area contributed by atoms with E-state index in [-0.39, 0.29) is 0 Å². The minimum Gasteiger partial charge on any atom is -0.381 e. The lowest BCUT2D eigenvalue weighted by Gasteiger charge is -2.31. The number of rotatable bonds is 2. The Balaban J connectivity index is 1.59. The van der Waals surface area contributed by atoms with Gasteiger partial charge in [-0.1, -0.05) is 24.3 Å². The highest BCUT2D eigenvalue weighted by molar-refractivity contribution is 5.76. The van der Waals surface area contributed by atoms with Crippen LogP contribution in [0.5, 0.6) is 0 Å². The standard InChI is InChI=1S/C16H21NO2/c18-16(11-13-6-9-19-10-7-13)17-8-5-14-3-1-2-4-15(14)12-17/h1-4,13H,5-12H2. The predicted octanol–water partition coefficient (Wildman–Crippen LogP) is 2.39. The predicted molar refractivity (Wildman–Crippen MR) is 73.7 cm³/mol. The molecule has 1 aromatic carbocycles. The number of ether oxygens (including phenoxy) is 1. The number of carbonyl (C=O) groups is 1. The molecule has 1 amide bonds. The molecule has 0 spiro atoms. The topological polar surface area (TPSA) is 29.5 Å². The van der Waals surface area contributed by atoms with Gasteiger partial charge in [-0.2, -0.15) is 0 Å². The minimum absolute atomic E-state index is 0.321. The van der Waals surface area contributed by atoms with E-state index in [4.69, 9.17) is 4.74 Å². The molecule has 1 saturated heterocycles. The fourth-order valence-corrected chi connectivity index (χ4v) is 3.04. The van der Waals surface area contributed by atoms with E-state index in [1.165, 1.54) is 11.1 Å². The molecule has 0 bridgehead atoms. The van der Waals surface area contributed by atoms with Crippen molar-refractivity contribution in [2.24, 2.45) is 5.92 Å². The Hall–Kier alpha value is -1.35. The molecule has 0 saturated carbocycles. The van der Waals surface area contributed by atoms with E-state index in [9.17, 15) is 4.79 Å². The van der Waals surface area contributed by atoms with Gasteiger partial charge in [-0.3, -0.25) is 4.79 Å². The minimum atomic E-state index is 0.321. The number of nitrogens with zero attached hydrogens (tertiary/aromatic N) is 1. The van der Waals surface area contributed by atoms with Gasteiger partial charge >= 0.3 is 0 Å². The van der Waals surface area contributed by atoms with Crippen molar-refractivity contribution < 1.29 is 9.53 Å². The van der Waals surface area contributed by atoms with Gasteiger partial charge in [-0.15, -0.1) is 0 Å². The second kappa shape index (κ2) is 5.74. The molecule has 0 unspecified atom stereocenters. The summed E-state index contributed by atoms with van der Waals surface area (Å²) in [5.41, 5.74) is 2.71.